The molecule has 1 atom stereocenters. The van der Waals surface area contributed by atoms with Gasteiger partial charge in [-0.25, -0.2) is 0 Å². The van der Waals surface area contributed by atoms with Crippen molar-refractivity contribution in [2.24, 2.45) is 5.92 Å². The second-order valence-electron chi connectivity index (χ2n) is 6.47. The second kappa shape index (κ2) is 8.27. The molecule has 1 saturated carbocycles. The zero-order valence-electron chi connectivity index (χ0n) is 13.5. The summed E-state index contributed by atoms with van der Waals surface area (Å²) in [6.45, 7) is 4.42. The third-order valence-electron chi connectivity index (χ3n) is 4.28. The molecule has 22 heavy (non-hydrogen) atoms. The number of carbonyl (C=O) groups excluding carboxylic acids is 1. The lowest BCUT2D eigenvalue weighted by Crippen LogP contribution is -2.28. The first-order valence-electron chi connectivity index (χ1n) is 8.33. The van der Waals surface area contributed by atoms with E-state index in [1.165, 1.54) is 12.8 Å². The van der Waals surface area contributed by atoms with Crippen LogP contribution in [0.4, 0.5) is 0 Å². The Kier molecular flexibility index (Phi) is 6.36. The van der Waals surface area contributed by atoms with E-state index < -0.39 is 0 Å². The molecule has 1 fully saturated rings. The van der Waals surface area contributed by atoms with Gasteiger partial charge in [0, 0.05) is 25.3 Å². The Balaban J connectivity index is 1.66. The average Bonchev–Trinajstić information content (AvgIpc) is 3.15. The molecule has 1 aliphatic carbocycles. The smallest absolute Gasteiger partial charge is 0.220 e. The molecular weight excluding hydrogens is 282 g/mol. The first kappa shape index (κ1) is 16.9. The number of aliphatic hydroxyl groups excluding tert-OH is 1. The highest BCUT2D eigenvalue weighted by molar-refractivity contribution is 5.75. The number of hydrogen-bond acceptors (Lipinski definition) is 5. The minimum Gasteiger partial charge on any atom is -0.425 e. The van der Waals surface area contributed by atoms with Crippen LogP contribution in [-0.4, -0.2) is 33.9 Å². The lowest BCUT2D eigenvalue weighted by Gasteiger charge is -2.14. The molecule has 0 spiro atoms. The third-order valence-corrected chi connectivity index (χ3v) is 4.28. The number of aryl methyl sites for hydroxylation is 1. The van der Waals surface area contributed by atoms with Crippen LogP contribution < -0.4 is 5.32 Å². The highest BCUT2D eigenvalue weighted by atomic mass is 16.4. The summed E-state index contributed by atoms with van der Waals surface area (Å²) < 4.78 is 5.65. The Morgan fingerprint density at radius 2 is 2.09 bits per heavy atom. The maximum atomic E-state index is 11.7. The maximum absolute atomic E-state index is 11.7. The predicted molar refractivity (Wildman–Crippen MR) is 82.3 cm³/mol. The van der Waals surface area contributed by atoms with Gasteiger partial charge in [0.2, 0.25) is 17.7 Å². The molecule has 1 amide bonds. The van der Waals surface area contributed by atoms with Crippen molar-refractivity contribution >= 4 is 5.91 Å². The summed E-state index contributed by atoms with van der Waals surface area (Å²) in [6.07, 6.45) is 5.73. The molecule has 0 bridgehead atoms. The quantitative estimate of drug-likeness (QED) is 0.768. The zero-order chi connectivity index (χ0) is 15.9. The number of amides is 1. The van der Waals surface area contributed by atoms with Crippen LogP contribution >= 0.6 is 0 Å². The second-order valence-corrected chi connectivity index (χ2v) is 6.47. The van der Waals surface area contributed by atoms with Gasteiger partial charge in [0.1, 0.15) is 0 Å². The summed E-state index contributed by atoms with van der Waals surface area (Å²) in [6, 6.07) is 0. The van der Waals surface area contributed by atoms with E-state index in [9.17, 15) is 9.90 Å². The van der Waals surface area contributed by atoms with Gasteiger partial charge >= 0.3 is 0 Å². The number of nitrogens with zero attached hydrogens (tertiary/aromatic N) is 2. The molecule has 0 saturated heterocycles. The summed E-state index contributed by atoms with van der Waals surface area (Å²) in [5.41, 5.74) is 0. The minimum absolute atomic E-state index is 0.0448. The number of rotatable bonds is 8. The largest absolute Gasteiger partial charge is 0.425 e. The van der Waals surface area contributed by atoms with E-state index in [-0.39, 0.29) is 17.9 Å². The van der Waals surface area contributed by atoms with E-state index in [0.29, 0.717) is 37.6 Å². The van der Waals surface area contributed by atoms with Gasteiger partial charge in [-0.15, -0.1) is 10.2 Å². The van der Waals surface area contributed by atoms with Crippen molar-refractivity contribution in [3.8, 4) is 0 Å². The number of nitrogens with one attached hydrogen (secondary N) is 1. The fourth-order valence-corrected chi connectivity index (χ4v) is 2.71. The normalized spacial score (nSPS) is 17.1. The lowest BCUT2D eigenvalue weighted by molar-refractivity contribution is -0.121. The van der Waals surface area contributed by atoms with Gasteiger partial charge < -0.3 is 14.8 Å². The third kappa shape index (κ3) is 5.09. The van der Waals surface area contributed by atoms with Crippen molar-refractivity contribution < 1.29 is 14.3 Å². The van der Waals surface area contributed by atoms with E-state index in [1.807, 2.05) is 13.8 Å². The molecular formula is C16H27N3O3. The average molecular weight is 309 g/mol. The van der Waals surface area contributed by atoms with E-state index >= 15 is 0 Å². The summed E-state index contributed by atoms with van der Waals surface area (Å²) in [4.78, 5) is 11.7. The summed E-state index contributed by atoms with van der Waals surface area (Å²) >= 11 is 0. The fourth-order valence-electron chi connectivity index (χ4n) is 2.71. The van der Waals surface area contributed by atoms with Crippen molar-refractivity contribution in [2.45, 2.75) is 70.8 Å². The van der Waals surface area contributed by atoms with Crippen LogP contribution in [0.25, 0.3) is 0 Å². The Hall–Kier alpha value is -1.43. The molecule has 0 radical (unpaired) electrons. The van der Waals surface area contributed by atoms with Gasteiger partial charge in [-0.05, 0) is 25.2 Å². The summed E-state index contributed by atoms with van der Waals surface area (Å²) in [5, 5.41) is 20.6. The molecule has 1 aromatic rings. The molecule has 1 aromatic heterocycles. The highest BCUT2D eigenvalue weighted by Gasteiger charge is 2.22. The Labute approximate surface area is 131 Å². The first-order chi connectivity index (χ1) is 10.6. The van der Waals surface area contributed by atoms with Gasteiger partial charge in [-0.2, -0.15) is 0 Å². The van der Waals surface area contributed by atoms with Crippen molar-refractivity contribution in [1.82, 2.24) is 15.5 Å². The van der Waals surface area contributed by atoms with Crippen LogP contribution in [0, 0.1) is 5.92 Å². The molecule has 124 valence electrons. The molecule has 2 rings (SSSR count). The van der Waals surface area contributed by atoms with E-state index in [1.54, 1.807) is 0 Å². The summed E-state index contributed by atoms with van der Waals surface area (Å²) in [5.74, 6) is 1.85. The monoisotopic (exact) mass is 309 g/mol. The number of carbonyl (C=O) groups is 1. The van der Waals surface area contributed by atoms with Crippen molar-refractivity contribution in [3.63, 3.8) is 0 Å². The predicted octanol–water partition coefficient (Wildman–Crippen LogP) is 2.18. The fraction of sp³-hybridized carbons (Fsp3) is 0.812. The molecule has 1 aliphatic rings. The van der Waals surface area contributed by atoms with Crippen LogP contribution in [0.3, 0.4) is 0 Å². The summed E-state index contributed by atoms with van der Waals surface area (Å²) in [7, 11) is 0. The Morgan fingerprint density at radius 3 is 2.77 bits per heavy atom. The SMILES string of the molecule is CC(C)C(O)CCNC(=O)CCc1nnc(C2CCCC2)o1. The Bertz CT molecular complexity index is 467. The number of aliphatic hydroxyl groups is 1. The van der Waals surface area contributed by atoms with Crippen molar-refractivity contribution in [1.29, 1.82) is 0 Å². The highest BCUT2D eigenvalue weighted by Crippen LogP contribution is 2.33. The Morgan fingerprint density at radius 1 is 1.36 bits per heavy atom. The van der Waals surface area contributed by atoms with Crippen molar-refractivity contribution in [2.75, 3.05) is 6.54 Å². The van der Waals surface area contributed by atoms with Crippen LogP contribution in [-0.2, 0) is 11.2 Å². The lowest BCUT2D eigenvalue weighted by atomic mass is 10.0. The minimum atomic E-state index is -0.370. The standard InChI is InChI=1S/C16H27N3O3/c1-11(2)13(20)9-10-17-14(21)7-8-15-18-19-16(22-15)12-5-3-4-6-12/h11-13,20H,3-10H2,1-2H3,(H,17,21). The molecule has 1 unspecified atom stereocenters. The van der Waals surface area contributed by atoms with E-state index in [0.717, 1.165) is 18.7 Å². The van der Waals surface area contributed by atoms with Gasteiger partial charge in [-0.3, -0.25) is 4.79 Å². The van der Waals surface area contributed by atoms with Gasteiger partial charge in [0.25, 0.3) is 0 Å². The molecule has 0 aliphatic heterocycles. The maximum Gasteiger partial charge on any atom is 0.220 e. The van der Waals surface area contributed by atoms with E-state index in [4.69, 9.17) is 4.42 Å². The van der Waals surface area contributed by atoms with Gasteiger partial charge in [0.05, 0.1) is 6.10 Å². The topological polar surface area (TPSA) is 88.2 Å². The molecule has 2 N–H and O–H groups in total. The van der Waals surface area contributed by atoms with Gasteiger partial charge in [0.15, 0.2) is 0 Å². The van der Waals surface area contributed by atoms with Crippen LogP contribution in [0.15, 0.2) is 4.42 Å². The van der Waals surface area contributed by atoms with Crippen LogP contribution in [0.1, 0.15) is 70.1 Å². The van der Waals surface area contributed by atoms with E-state index in [2.05, 4.69) is 15.5 Å². The first-order valence-corrected chi connectivity index (χ1v) is 8.33. The van der Waals surface area contributed by atoms with Crippen LogP contribution in [0.5, 0.6) is 0 Å². The molecule has 6 heteroatoms. The zero-order valence-corrected chi connectivity index (χ0v) is 13.5. The number of aromatic nitrogens is 2. The molecule has 6 nitrogen and oxygen atoms in total. The molecule has 0 aromatic carbocycles. The van der Waals surface area contributed by atoms with Crippen molar-refractivity contribution in [3.05, 3.63) is 11.8 Å². The number of hydrogen-bond donors (Lipinski definition) is 2. The van der Waals surface area contributed by atoms with Crippen LogP contribution in [0.2, 0.25) is 0 Å². The van der Waals surface area contributed by atoms with Gasteiger partial charge in [-0.1, -0.05) is 26.7 Å². The molecule has 1 heterocycles.